The van der Waals surface area contributed by atoms with E-state index in [2.05, 4.69) is 5.32 Å². The molecular weight excluding hydrogens is 375 g/mol. The van der Waals surface area contributed by atoms with Crippen LogP contribution in [0.2, 0.25) is 0 Å². The van der Waals surface area contributed by atoms with Crippen LogP contribution >= 0.6 is 11.8 Å². The van der Waals surface area contributed by atoms with Crippen molar-refractivity contribution < 1.29 is 23.6 Å². The molecule has 0 saturated carbocycles. The number of thioether (sulfide) groups is 1. The van der Waals surface area contributed by atoms with E-state index in [0.29, 0.717) is 4.90 Å². The number of carbonyl (C=O) groups excluding carboxylic acids is 2. The minimum absolute atomic E-state index is 0.0348. The SMILES string of the molecule is C[C@@H](Sc1ccc([N+](=O)[O-])cc1)C(=O)OCC(=O)NCc1ccc(F)cc1. The van der Waals surface area contributed by atoms with Crippen LogP contribution in [0.3, 0.4) is 0 Å². The molecule has 1 atom stereocenters. The van der Waals surface area contributed by atoms with E-state index in [9.17, 15) is 24.1 Å². The summed E-state index contributed by atoms with van der Waals surface area (Å²) >= 11 is 1.17. The minimum Gasteiger partial charge on any atom is -0.455 e. The lowest BCUT2D eigenvalue weighted by molar-refractivity contribution is -0.384. The van der Waals surface area contributed by atoms with E-state index >= 15 is 0 Å². The number of hydrogen-bond acceptors (Lipinski definition) is 6. The van der Waals surface area contributed by atoms with Crippen LogP contribution in [0.5, 0.6) is 0 Å². The highest BCUT2D eigenvalue weighted by molar-refractivity contribution is 8.00. The van der Waals surface area contributed by atoms with Crippen molar-refractivity contribution in [1.82, 2.24) is 5.32 Å². The molecule has 142 valence electrons. The predicted molar refractivity (Wildman–Crippen MR) is 97.6 cm³/mol. The molecule has 2 aromatic rings. The van der Waals surface area contributed by atoms with Gasteiger partial charge in [-0.05, 0) is 36.8 Å². The zero-order valence-corrected chi connectivity index (χ0v) is 15.2. The molecule has 0 aliphatic carbocycles. The Balaban J connectivity index is 1.74. The first-order chi connectivity index (χ1) is 12.8. The maximum Gasteiger partial charge on any atom is 0.319 e. The van der Waals surface area contributed by atoms with Gasteiger partial charge < -0.3 is 10.1 Å². The fraction of sp³-hybridized carbons (Fsp3) is 0.222. The lowest BCUT2D eigenvalue weighted by Crippen LogP contribution is -2.30. The van der Waals surface area contributed by atoms with Crippen molar-refractivity contribution >= 4 is 29.3 Å². The number of carbonyl (C=O) groups is 2. The molecule has 0 aromatic heterocycles. The summed E-state index contributed by atoms with van der Waals surface area (Å²) in [6.45, 7) is 1.39. The van der Waals surface area contributed by atoms with Gasteiger partial charge in [0.2, 0.25) is 0 Å². The second kappa shape index (κ2) is 9.67. The van der Waals surface area contributed by atoms with Gasteiger partial charge in [-0.1, -0.05) is 12.1 Å². The van der Waals surface area contributed by atoms with E-state index in [1.165, 1.54) is 36.0 Å². The lowest BCUT2D eigenvalue weighted by Gasteiger charge is -2.11. The molecule has 0 saturated heterocycles. The van der Waals surface area contributed by atoms with Crippen molar-refractivity contribution in [2.24, 2.45) is 0 Å². The average Bonchev–Trinajstić information content (AvgIpc) is 2.66. The second-order valence-electron chi connectivity index (χ2n) is 5.52. The van der Waals surface area contributed by atoms with Gasteiger partial charge in [0.15, 0.2) is 6.61 Å². The minimum atomic E-state index is -0.587. The Morgan fingerprint density at radius 2 is 1.81 bits per heavy atom. The molecule has 1 N–H and O–H groups in total. The maximum absolute atomic E-state index is 12.8. The van der Waals surface area contributed by atoms with Gasteiger partial charge in [-0.15, -0.1) is 11.8 Å². The highest BCUT2D eigenvalue weighted by Gasteiger charge is 2.18. The summed E-state index contributed by atoms with van der Waals surface area (Å²) in [6, 6.07) is 11.5. The Hall–Kier alpha value is -2.94. The number of nitro groups is 1. The van der Waals surface area contributed by atoms with Gasteiger partial charge >= 0.3 is 5.97 Å². The quantitative estimate of drug-likeness (QED) is 0.321. The molecule has 0 fully saturated rings. The topological polar surface area (TPSA) is 98.5 Å². The highest BCUT2D eigenvalue weighted by Crippen LogP contribution is 2.25. The summed E-state index contributed by atoms with van der Waals surface area (Å²) < 4.78 is 17.8. The van der Waals surface area contributed by atoms with Crippen molar-refractivity contribution in [2.75, 3.05) is 6.61 Å². The van der Waals surface area contributed by atoms with Crippen LogP contribution in [-0.2, 0) is 20.9 Å². The Morgan fingerprint density at radius 1 is 1.19 bits per heavy atom. The standard InChI is InChI=1S/C18H17FN2O5S/c1-12(27-16-8-6-15(7-9-16)21(24)25)18(23)26-11-17(22)20-10-13-2-4-14(19)5-3-13/h2-9,12H,10-11H2,1H3,(H,20,22)/t12-/m1/s1. The third-order valence-corrected chi connectivity index (χ3v) is 4.53. The number of halogens is 1. The van der Waals surface area contributed by atoms with Crippen LogP contribution < -0.4 is 5.32 Å². The number of nitrogens with one attached hydrogen (secondary N) is 1. The molecule has 2 aromatic carbocycles. The summed E-state index contributed by atoms with van der Waals surface area (Å²) in [7, 11) is 0. The Labute approximate surface area is 159 Å². The van der Waals surface area contributed by atoms with E-state index in [0.717, 1.165) is 5.56 Å². The molecule has 0 unspecified atom stereocenters. The van der Waals surface area contributed by atoms with Crippen LogP contribution in [0.15, 0.2) is 53.4 Å². The summed E-state index contributed by atoms with van der Waals surface area (Å²) in [5.74, 6) is -1.41. The normalized spacial score (nSPS) is 11.5. The highest BCUT2D eigenvalue weighted by atomic mass is 32.2. The molecule has 9 heteroatoms. The van der Waals surface area contributed by atoms with Crippen LogP contribution in [0.25, 0.3) is 0 Å². The van der Waals surface area contributed by atoms with Gasteiger partial charge in [0, 0.05) is 23.6 Å². The smallest absolute Gasteiger partial charge is 0.319 e. The van der Waals surface area contributed by atoms with Crippen LogP contribution in [0.4, 0.5) is 10.1 Å². The lowest BCUT2D eigenvalue weighted by atomic mass is 10.2. The van der Waals surface area contributed by atoms with E-state index in [1.54, 1.807) is 31.2 Å². The third kappa shape index (κ3) is 6.70. The number of amides is 1. The second-order valence-corrected chi connectivity index (χ2v) is 6.94. The molecule has 0 aliphatic heterocycles. The number of hydrogen-bond donors (Lipinski definition) is 1. The number of nitro benzene ring substituents is 1. The third-order valence-electron chi connectivity index (χ3n) is 3.44. The van der Waals surface area contributed by atoms with Crippen LogP contribution in [0.1, 0.15) is 12.5 Å². The van der Waals surface area contributed by atoms with Crippen molar-refractivity contribution in [3.05, 3.63) is 70.0 Å². The van der Waals surface area contributed by atoms with Crippen molar-refractivity contribution in [1.29, 1.82) is 0 Å². The first kappa shape index (κ1) is 20.4. The molecule has 0 bridgehead atoms. The summed E-state index contributed by atoms with van der Waals surface area (Å²) in [4.78, 5) is 34.5. The van der Waals surface area contributed by atoms with E-state index in [1.807, 2.05) is 0 Å². The van der Waals surface area contributed by atoms with Crippen LogP contribution in [0, 0.1) is 15.9 Å². The number of non-ortho nitro benzene ring substituents is 1. The van der Waals surface area contributed by atoms with E-state index < -0.39 is 28.7 Å². The molecule has 0 spiro atoms. The van der Waals surface area contributed by atoms with Gasteiger partial charge in [0.05, 0.1) is 4.92 Å². The molecule has 0 heterocycles. The number of ether oxygens (including phenoxy) is 1. The Kier molecular flexibility index (Phi) is 7.30. The molecule has 0 aliphatic rings. The van der Waals surface area contributed by atoms with Crippen molar-refractivity contribution in [3.63, 3.8) is 0 Å². The Morgan fingerprint density at radius 3 is 2.41 bits per heavy atom. The fourth-order valence-electron chi connectivity index (χ4n) is 2.01. The molecule has 1 amide bonds. The molecule has 7 nitrogen and oxygen atoms in total. The molecule has 27 heavy (non-hydrogen) atoms. The number of nitrogens with zero attached hydrogens (tertiary/aromatic N) is 1. The first-order valence-electron chi connectivity index (χ1n) is 7.94. The molecular formula is C18H17FN2O5S. The fourth-order valence-corrected chi connectivity index (χ4v) is 2.87. The van der Waals surface area contributed by atoms with Gasteiger partial charge in [-0.2, -0.15) is 0 Å². The summed E-state index contributed by atoms with van der Waals surface area (Å²) in [6.07, 6.45) is 0. The largest absolute Gasteiger partial charge is 0.455 e. The predicted octanol–water partition coefficient (Wildman–Crippen LogP) is 3.07. The van der Waals surface area contributed by atoms with Gasteiger partial charge in [-0.25, -0.2) is 4.39 Å². The van der Waals surface area contributed by atoms with Gasteiger partial charge in [0.1, 0.15) is 11.1 Å². The molecule has 2 rings (SSSR count). The number of rotatable bonds is 8. The molecule has 0 radical (unpaired) electrons. The number of benzene rings is 2. The maximum atomic E-state index is 12.8. The van der Waals surface area contributed by atoms with Gasteiger partial charge in [-0.3, -0.25) is 19.7 Å². The summed E-state index contributed by atoms with van der Waals surface area (Å²) in [5.41, 5.74) is 0.686. The van der Waals surface area contributed by atoms with E-state index in [4.69, 9.17) is 4.74 Å². The number of esters is 1. The van der Waals surface area contributed by atoms with Crippen LogP contribution in [-0.4, -0.2) is 28.7 Å². The average molecular weight is 392 g/mol. The monoisotopic (exact) mass is 392 g/mol. The Bertz CT molecular complexity index is 812. The first-order valence-corrected chi connectivity index (χ1v) is 8.82. The van der Waals surface area contributed by atoms with E-state index in [-0.39, 0.29) is 18.0 Å². The van der Waals surface area contributed by atoms with Crippen molar-refractivity contribution in [3.8, 4) is 0 Å². The zero-order valence-electron chi connectivity index (χ0n) is 14.4. The van der Waals surface area contributed by atoms with Gasteiger partial charge in [0.25, 0.3) is 11.6 Å². The zero-order chi connectivity index (χ0) is 19.8. The summed E-state index contributed by atoms with van der Waals surface area (Å²) in [5, 5.41) is 12.6. The van der Waals surface area contributed by atoms with Crippen molar-refractivity contribution in [2.45, 2.75) is 23.6 Å².